The van der Waals surface area contributed by atoms with Crippen LogP contribution in [0.5, 0.6) is 5.75 Å². The number of carbonyl (C=O) groups excluding carboxylic acids is 1. The number of anilines is 1. The summed E-state index contributed by atoms with van der Waals surface area (Å²) in [5, 5.41) is 0.699. The average molecular weight is 266 g/mol. The predicted molar refractivity (Wildman–Crippen MR) is 67.6 cm³/mol. The van der Waals surface area contributed by atoms with Gasteiger partial charge in [-0.1, -0.05) is 0 Å². The normalized spacial score (nSPS) is 10.4. The minimum atomic E-state index is -0.580. The minimum absolute atomic E-state index is 0.0972. The van der Waals surface area contributed by atoms with Crippen LogP contribution in [-0.4, -0.2) is 17.9 Å². The highest BCUT2D eigenvalue weighted by Gasteiger charge is 2.18. The Labute approximate surface area is 107 Å². The number of ketones is 1. The standard InChI is InChI=1S/C12H11FN2O2S/c1-6-15-12(14)11(18-6)10(16)7-3-4-9(17-2)8(13)5-7/h3-5H,14H2,1-2H3. The Balaban J connectivity index is 2.40. The van der Waals surface area contributed by atoms with Crippen molar-refractivity contribution in [3.8, 4) is 5.75 Å². The molecule has 1 aromatic carbocycles. The molecule has 1 aromatic heterocycles. The molecule has 0 aliphatic rings. The van der Waals surface area contributed by atoms with Crippen molar-refractivity contribution < 1.29 is 13.9 Å². The molecule has 0 radical (unpaired) electrons. The lowest BCUT2D eigenvalue weighted by atomic mass is 10.1. The van der Waals surface area contributed by atoms with Crippen molar-refractivity contribution >= 4 is 22.9 Å². The number of benzene rings is 1. The number of nitrogen functional groups attached to an aromatic ring is 1. The van der Waals surface area contributed by atoms with Gasteiger partial charge in [0.25, 0.3) is 0 Å². The molecule has 18 heavy (non-hydrogen) atoms. The Bertz CT molecular complexity index is 610. The summed E-state index contributed by atoms with van der Waals surface area (Å²) >= 11 is 1.19. The molecule has 0 saturated heterocycles. The minimum Gasteiger partial charge on any atom is -0.494 e. The van der Waals surface area contributed by atoms with Crippen LogP contribution in [0.25, 0.3) is 0 Å². The molecule has 0 atom stereocenters. The van der Waals surface area contributed by atoms with Crippen molar-refractivity contribution in [1.29, 1.82) is 0 Å². The number of nitrogens with two attached hydrogens (primary N) is 1. The van der Waals surface area contributed by atoms with E-state index in [4.69, 9.17) is 10.5 Å². The first-order valence-corrected chi connectivity index (χ1v) is 5.95. The van der Waals surface area contributed by atoms with Crippen molar-refractivity contribution in [1.82, 2.24) is 4.98 Å². The summed E-state index contributed by atoms with van der Waals surface area (Å²) in [6, 6.07) is 4.04. The van der Waals surface area contributed by atoms with Gasteiger partial charge in [-0.05, 0) is 25.1 Å². The summed E-state index contributed by atoms with van der Waals surface area (Å²) in [4.78, 5) is 16.4. The van der Waals surface area contributed by atoms with Gasteiger partial charge in [0.2, 0.25) is 5.78 Å². The molecule has 0 aliphatic heterocycles. The van der Waals surface area contributed by atoms with Gasteiger partial charge in [-0.25, -0.2) is 9.37 Å². The number of aromatic nitrogens is 1. The van der Waals surface area contributed by atoms with Crippen molar-refractivity contribution in [3.05, 3.63) is 39.5 Å². The van der Waals surface area contributed by atoms with Gasteiger partial charge >= 0.3 is 0 Å². The third-order valence-electron chi connectivity index (χ3n) is 2.38. The van der Waals surface area contributed by atoms with E-state index in [0.29, 0.717) is 9.88 Å². The number of thiazole rings is 1. The van der Waals surface area contributed by atoms with Gasteiger partial charge in [0, 0.05) is 5.56 Å². The number of aryl methyl sites for hydroxylation is 1. The average Bonchev–Trinajstić information content (AvgIpc) is 2.67. The molecule has 2 rings (SSSR count). The number of methoxy groups -OCH3 is 1. The zero-order valence-corrected chi connectivity index (χ0v) is 10.7. The molecular weight excluding hydrogens is 255 g/mol. The monoisotopic (exact) mass is 266 g/mol. The third-order valence-corrected chi connectivity index (χ3v) is 3.37. The van der Waals surface area contributed by atoms with E-state index in [9.17, 15) is 9.18 Å². The smallest absolute Gasteiger partial charge is 0.206 e. The molecule has 0 spiro atoms. The van der Waals surface area contributed by atoms with Crippen molar-refractivity contribution in [2.75, 3.05) is 12.8 Å². The molecule has 0 bridgehead atoms. The van der Waals surface area contributed by atoms with E-state index in [-0.39, 0.29) is 22.9 Å². The number of hydrogen-bond acceptors (Lipinski definition) is 5. The van der Waals surface area contributed by atoms with Gasteiger partial charge in [0.1, 0.15) is 10.7 Å². The summed E-state index contributed by atoms with van der Waals surface area (Å²) in [5.74, 6) is -0.637. The Kier molecular flexibility index (Phi) is 3.29. The molecule has 2 N–H and O–H groups in total. The number of hydrogen-bond donors (Lipinski definition) is 1. The van der Waals surface area contributed by atoms with Gasteiger partial charge in [-0.3, -0.25) is 4.79 Å². The van der Waals surface area contributed by atoms with Crippen molar-refractivity contribution in [2.24, 2.45) is 0 Å². The largest absolute Gasteiger partial charge is 0.494 e. The Morgan fingerprint density at radius 1 is 1.50 bits per heavy atom. The highest BCUT2D eigenvalue weighted by atomic mass is 32.1. The molecule has 0 aliphatic carbocycles. The fourth-order valence-corrected chi connectivity index (χ4v) is 2.34. The highest BCUT2D eigenvalue weighted by molar-refractivity contribution is 7.14. The molecule has 0 fully saturated rings. The summed E-state index contributed by atoms with van der Waals surface area (Å²) < 4.78 is 18.3. The van der Waals surface area contributed by atoms with Crippen molar-refractivity contribution in [2.45, 2.75) is 6.92 Å². The first kappa shape index (κ1) is 12.5. The first-order valence-electron chi connectivity index (χ1n) is 5.14. The lowest BCUT2D eigenvalue weighted by molar-refractivity contribution is 0.104. The van der Waals surface area contributed by atoms with E-state index in [2.05, 4.69) is 4.98 Å². The van der Waals surface area contributed by atoms with E-state index in [1.54, 1.807) is 6.92 Å². The summed E-state index contributed by atoms with van der Waals surface area (Å²) in [6.07, 6.45) is 0. The van der Waals surface area contributed by atoms with Crippen LogP contribution in [0, 0.1) is 12.7 Å². The van der Waals surface area contributed by atoms with Gasteiger partial charge in [0.15, 0.2) is 11.6 Å². The zero-order chi connectivity index (χ0) is 13.3. The first-order chi connectivity index (χ1) is 8.52. The van der Waals surface area contributed by atoms with Crippen molar-refractivity contribution in [3.63, 3.8) is 0 Å². The highest BCUT2D eigenvalue weighted by Crippen LogP contribution is 2.25. The topological polar surface area (TPSA) is 65.2 Å². The van der Waals surface area contributed by atoms with Gasteiger partial charge in [0.05, 0.1) is 12.1 Å². The Morgan fingerprint density at radius 2 is 2.22 bits per heavy atom. The van der Waals surface area contributed by atoms with Crippen LogP contribution in [0.4, 0.5) is 10.2 Å². The zero-order valence-electron chi connectivity index (χ0n) is 9.86. The fourth-order valence-electron chi connectivity index (χ4n) is 1.54. The SMILES string of the molecule is COc1ccc(C(=O)c2sc(C)nc2N)cc1F. The molecule has 0 unspecified atom stereocenters. The maximum Gasteiger partial charge on any atom is 0.206 e. The summed E-state index contributed by atoms with van der Waals surface area (Å²) in [5.41, 5.74) is 5.86. The van der Waals surface area contributed by atoms with E-state index in [1.165, 1.54) is 30.6 Å². The molecule has 2 aromatic rings. The molecule has 1 heterocycles. The second kappa shape index (κ2) is 4.73. The van der Waals surface area contributed by atoms with Crippen LogP contribution in [-0.2, 0) is 0 Å². The molecule has 0 amide bonds. The van der Waals surface area contributed by atoms with Crippen LogP contribution in [0.2, 0.25) is 0 Å². The number of halogens is 1. The number of ether oxygens (including phenoxy) is 1. The van der Waals surface area contributed by atoms with Crippen LogP contribution >= 0.6 is 11.3 Å². The van der Waals surface area contributed by atoms with Gasteiger partial charge in [-0.15, -0.1) is 11.3 Å². The fraction of sp³-hybridized carbons (Fsp3) is 0.167. The van der Waals surface area contributed by atoms with Crippen LogP contribution < -0.4 is 10.5 Å². The summed E-state index contributed by atoms with van der Waals surface area (Å²) in [6.45, 7) is 1.76. The number of rotatable bonds is 3. The van der Waals surface area contributed by atoms with E-state index < -0.39 is 5.82 Å². The number of carbonyl (C=O) groups is 1. The lowest BCUT2D eigenvalue weighted by Gasteiger charge is -2.03. The Morgan fingerprint density at radius 3 is 2.72 bits per heavy atom. The molecule has 6 heteroatoms. The van der Waals surface area contributed by atoms with Gasteiger partial charge < -0.3 is 10.5 Å². The van der Waals surface area contributed by atoms with Crippen LogP contribution in [0.15, 0.2) is 18.2 Å². The third kappa shape index (κ3) is 2.19. The number of nitrogens with zero attached hydrogens (tertiary/aromatic N) is 1. The predicted octanol–water partition coefficient (Wildman–Crippen LogP) is 2.41. The molecule has 94 valence electrons. The maximum atomic E-state index is 13.5. The van der Waals surface area contributed by atoms with E-state index >= 15 is 0 Å². The molecular formula is C12H11FN2O2S. The van der Waals surface area contributed by atoms with E-state index in [0.717, 1.165) is 6.07 Å². The second-order valence-corrected chi connectivity index (χ2v) is 4.83. The second-order valence-electron chi connectivity index (χ2n) is 3.63. The Hall–Kier alpha value is -1.95. The van der Waals surface area contributed by atoms with Crippen LogP contribution in [0.3, 0.4) is 0 Å². The molecule has 0 saturated carbocycles. The maximum absolute atomic E-state index is 13.5. The van der Waals surface area contributed by atoms with E-state index in [1.807, 2.05) is 0 Å². The summed E-state index contributed by atoms with van der Waals surface area (Å²) in [7, 11) is 1.37. The molecule has 4 nitrogen and oxygen atoms in total. The van der Waals surface area contributed by atoms with Gasteiger partial charge in [-0.2, -0.15) is 0 Å². The lowest BCUT2D eigenvalue weighted by Crippen LogP contribution is -2.03. The van der Waals surface area contributed by atoms with Crippen LogP contribution in [0.1, 0.15) is 20.2 Å². The quantitative estimate of drug-likeness (QED) is 0.866.